The van der Waals surface area contributed by atoms with Crippen molar-refractivity contribution < 1.29 is 32.3 Å². The molecule has 0 bridgehead atoms. The molecule has 2 N–H and O–H groups in total. The van der Waals surface area contributed by atoms with Gasteiger partial charge in [0, 0.05) is 9.13 Å². The van der Waals surface area contributed by atoms with Crippen LogP contribution < -0.4 is 5.32 Å². The van der Waals surface area contributed by atoms with Crippen LogP contribution in [-0.4, -0.2) is 38.8 Å². The first-order valence-corrected chi connectivity index (χ1v) is 14.0. The third kappa shape index (κ3) is 6.93. The molecule has 2 aromatic carbocycles. The lowest BCUT2D eigenvalue weighted by Gasteiger charge is -2.35. The van der Waals surface area contributed by atoms with Gasteiger partial charge in [0.2, 0.25) is 0 Å². The number of nitrogens with zero attached hydrogens (tertiary/aromatic N) is 1. The van der Waals surface area contributed by atoms with E-state index in [1.54, 1.807) is 0 Å². The van der Waals surface area contributed by atoms with E-state index in [2.05, 4.69) is 44.3 Å². The fourth-order valence-electron chi connectivity index (χ4n) is 2.45. The lowest BCUT2D eigenvalue weighted by Crippen LogP contribution is -2.41. The van der Waals surface area contributed by atoms with E-state index < -0.39 is 48.6 Å². The van der Waals surface area contributed by atoms with E-state index in [4.69, 9.17) is 9.26 Å². The first kappa shape index (κ1) is 27.1. The predicted molar refractivity (Wildman–Crippen MR) is 132 cm³/mol. The molecule has 0 fully saturated rings. The monoisotopic (exact) mass is 594 g/mol. The number of carboxylic acids is 1. The number of carboxylic acid groups (broad SMARTS) is 1. The van der Waals surface area contributed by atoms with Gasteiger partial charge in [-0.1, -0.05) is 25.9 Å². The van der Waals surface area contributed by atoms with Crippen molar-refractivity contribution in [1.29, 1.82) is 0 Å². The Morgan fingerprint density at radius 2 is 1.85 bits per heavy atom. The van der Waals surface area contributed by atoms with Crippen LogP contribution in [0.5, 0.6) is 0 Å². The van der Waals surface area contributed by atoms with Crippen molar-refractivity contribution in [1.82, 2.24) is 0 Å². The van der Waals surface area contributed by atoms with Gasteiger partial charge in [-0.25, -0.2) is 18.0 Å². The van der Waals surface area contributed by atoms with E-state index >= 15 is 0 Å². The van der Waals surface area contributed by atoms with Crippen LogP contribution in [0.15, 0.2) is 29.4 Å². The number of nitrogens with one attached hydrogen (secondary N) is 1. The van der Waals surface area contributed by atoms with Gasteiger partial charge in [0.25, 0.3) is 0 Å². The normalized spacial score (nSPS) is 12.3. The van der Waals surface area contributed by atoms with Crippen molar-refractivity contribution >= 4 is 54.5 Å². The van der Waals surface area contributed by atoms with Crippen LogP contribution in [0.1, 0.15) is 36.7 Å². The van der Waals surface area contributed by atoms with Crippen molar-refractivity contribution in [2.24, 2.45) is 5.16 Å². The number of benzene rings is 2. The molecular formula is C22H26F3IN2O4Si. The lowest BCUT2D eigenvalue weighted by molar-refractivity contribution is 0.0697. The highest BCUT2D eigenvalue weighted by Gasteiger charge is 2.36. The summed E-state index contributed by atoms with van der Waals surface area (Å²) >= 11 is 1.89. The summed E-state index contributed by atoms with van der Waals surface area (Å²) in [5, 5.41) is 15.4. The Kier molecular flexibility index (Phi) is 8.93. The molecule has 33 heavy (non-hydrogen) atoms. The topological polar surface area (TPSA) is 80.2 Å². The maximum atomic E-state index is 14.7. The summed E-state index contributed by atoms with van der Waals surface area (Å²) in [4.78, 5) is 16.7. The van der Waals surface area contributed by atoms with E-state index in [0.29, 0.717) is 3.57 Å². The Morgan fingerprint density at radius 1 is 1.18 bits per heavy atom. The summed E-state index contributed by atoms with van der Waals surface area (Å²) in [7, 11) is -1.95. The minimum atomic E-state index is -1.95. The number of carbonyl (C=O) groups is 1. The molecule has 0 amide bonds. The van der Waals surface area contributed by atoms with Crippen LogP contribution in [-0.2, 0) is 9.26 Å². The average Bonchev–Trinajstić information content (AvgIpc) is 2.70. The first-order chi connectivity index (χ1) is 15.2. The van der Waals surface area contributed by atoms with Crippen LogP contribution in [0.2, 0.25) is 18.1 Å². The highest BCUT2D eigenvalue weighted by molar-refractivity contribution is 14.1. The van der Waals surface area contributed by atoms with Crippen molar-refractivity contribution in [2.75, 3.05) is 18.5 Å². The first-order valence-electron chi connectivity index (χ1n) is 10.0. The smallest absolute Gasteiger partial charge is 0.337 e. The van der Waals surface area contributed by atoms with Gasteiger partial charge in [-0.2, -0.15) is 0 Å². The largest absolute Gasteiger partial charge is 0.478 e. The van der Waals surface area contributed by atoms with Gasteiger partial charge in [0.15, 0.2) is 20.0 Å². The standard InChI is InChI=1S/C22H26F3IN2O4Si/c1-22(2,3)33(4,5)32-9-8-31-27-12-13-10-15(21(29)30)20(19(25)18(13)24)28-17-7-6-14(26)11-16(17)23/h6-7,10-12,28H,8-9H2,1-5H3,(H,29,30)/b27-12-. The van der Waals surface area contributed by atoms with Crippen molar-refractivity contribution in [3.05, 3.63) is 56.4 Å². The third-order valence-corrected chi connectivity index (χ3v) is 10.6. The van der Waals surface area contributed by atoms with Gasteiger partial charge < -0.3 is 19.7 Å². The Bertz CT molecular complexity index is 1060. The number of aromatic carboxylic acids is 1. The SMILES string of the molecule is CC(C)(C)[Si](C)(C)OCCO/N=C\c1cc(C(=O)O)c(Nc2ccc(I)cc2F)c(F)c1F. The van der Waals surface area contributed by atoms with Gasteiger partial charge in [0.1, 0.15) is 12.4 Å². The van der Waals surface area contributed by atoms with Gasteiger partial charge in [-0.05, 0) is 65.0 Å². The molecule has 2 aromatic rings. The molecule has 0 aliphatic rings. The fraction of sp³-hybridized carbons (Fsp3) is 0.364. The summed E-state index contributed by atoms with van der Waals surface area (Å²) in [6.07, 6.45) is 0.881. The molecule has 0 heterocycles. The van der Waals surface area contributed by atoms with Crippen LogP contribution in [0, 0.1) is 21.0 Å². The highest BCUT2D eigenvalue weighted by Crippen LogP contribution is 2.36. The molecule has 6 nitrogen and oxygen atoms in total. The molecule has 0 spiro atoms. The maximum absolute atomic E-state index is 14.7. The van der Waals surface area contributed by atoms with Gasteiger partial charge in [-0.15, -0.1) is 0 Å². The van der Waals surface area contributed by atoms with Crippen molar-refractivity contribution in [3.8, 4) is 0 Å². The number of oxime groups is 1. The third-order valence-electron chi connectivity index (χ3n) is 5.37. The number of hydrogen-bond donors (Lipinski definition) is 2. The minimum Gasteiger partial charge on any atom is -0.478 e. The summed E-state index contributed by atoms with van der Waals surface area (Å²) in [6, 6.07) is 4.90. The van der Waals surface area contributed by atoms with E-state index in [9.17, 15) is 23.1 Å². The maximum Gasteiger partial charge on any atom is 0.337 e. The Labute approximate surface area is 205 Å². The second kappa shape index (κ2) is 10.9. The second-order valence-electron chi connectivity index (χ2n) is 8.75. The summed E-state index contributed by atoms with van der Waals surface area (Å²) in [5.74, 6) is -5.09. The Morgan fingerprint density at radius 3 is 2.42 bits per heavy atom. The Balaban J connectivity index is 2.17. The van der Waals surface area contributed by atoms with E-state index in [0.717, 1.165) is 12.3 Å². The molecule has 0 aromatic heterocycles. The van der Waals surface area contributed by atoms with E-state index in [-0.39, 0.29) is 23.9 Å². The van der Waals surface area contributed by atoms with Gasteiger partial charge in [-0.3, -0.25) is 0 Å². The summed E-state index contributed by atoms with van der Waals surface area (Å²) in [5.41, 5.74) is -1.90. The molecule has 0 unspecified atom stereocenters. The zero-order valence-electron chi connectivity index (χ0n) is 18.9. The lowest BCUT2D eigenvalue weighted by atomic mass is 10.1. The molecular weight excluding hydrogens is 568 g/mol. The van der Waals surface area contributed by atoms with Gasteiger partial charge in [0.05, 0.1) is 29.8 Å². The minimum absolute atomic E-state index is 0.0288. The molecule has 0 aliphatic heterocycles. The second-order valence-corrected chi connectivity index (χ2v) is 14.8. The van der Waals surface area contributed by atoms with Crippen molar-refractivity contribution in [3.63, 3.8) is 0 Å². The van der Waals surface area contributed by atoms with Crippen LogP contribution in [0.4, 0.5) is 24.5 Å². The molecule has 0 saturated carbocycles. The fourth-order valence-corrected chi connectivity index (χ4v) is 3.93. The Hall–Kier alpha value is -2.12. The van der Waals surface area contributed by atoms with Gasteiger partial charge >= 0.3 is 5.97 Å². The number of hydrogen-bond acceptors (Lipinski definition) is 5. The number of anilines is 2. The summed E-state index contributed by atoms with van der Waals surface area (Å²) < 4.78 is 49.9. The molecule has 11 heteroatoms. The van der Waals surface area contributed by atoms with E-state index in [1.807, 2.05) is 22.6 Å². The van der Waals surface area contributed by atoms with Crippen LogP contribution in [0.25, 0.3) is 0 Å². The van der Waals surface area contributed by atoms with Crippen LogP contribution >= 0.6 is 22.6 Å². The van der Waals surface area contributed by atoms with Crippen molar-refractivity contribution in [2.45, 2.75) is 38.9 Å². The van der Waals surface area contributed by atoms with Crippen LogP contribution in [0.3, 0.4) is 0 Å². The molecule has 0 atom stereocenters. The summed E-state index contributed by atoms with van der Waals surface area (Å²) in [6.45, 7) is 10.8. The average molecular weight is 594 g/mol. The highest BCUT2D eigenvalue weighted by atomic mass is 127. The predicted octanol–water partition coefficient (Wildman–Crippen LogP) is 6.52. The molecule has 0 aliphatic carbocycles. The number of halogens is 4. The molecule has 2 rings (SSSR count). The molecule has 0 radical (unpaired) electrons. The molecule has 0 saturated heterocycles. The zero-order chi connectivity index (χ0) is 25.0. The quantitative estimate of drug-likeness (QED) is 0.114. The zero-order valence-corrected chi connectivity index (χ0v) is 22.1. The number of rotatable bonds is 9. The molecule has 180 valence electrons. The van der Waals surface area contributed by atoms with E-state index in [1.165, 1.54) is 18.2 Å².